The second-order valence-electron chi connectivity index (χ2n) is 8.66. The molecule has 1 aliphatic carbocycles. The number of nitrogens with one attached hydrogen (secondary N) is 1. The predicted molar refractivity (Wildman–Crippen MR) is 120 cm³/mol. The van der Waals surface area contributed by atoms with Crippen LogP contribution in [0.5, 0.6) is 0 Å². The number of carbonyl (C=O) groups is 1. The topological polar surface area (TPSA) is 93.9 Å². The predicted octanol–water partition coefficient (Wildman–Crippen LogP) is 3.44. The third-order valence-electron chi connectivity index (χ3n) is 6.40. The number of hydrogen-bond donors (Lipinski definition) is 1. The van der Waals surface area contributed by atoms with Crippen molar-refractivity contribution >= 4 is 26.8 Å². The molecule has 3 aromatic rings. The summed E-state index contributed by atoms with van der Waals surface area (Å²) < 4.78 is 25.9. The van der Waals surface area contributed by atoms with Crippen molar-refractivity contribution in [2.75, 3.05) is 11.5 Å². The number of sulfone groups is 1. The van der Waals surface area contributed by atoms with Crippen molar-refractivity contribution in [3.05, 3.63) is 47.7 Å². The largest absolute Gasteiger partial charge is 0.349 e. The molecule has 8 heteroatoms. The van der Waals surface area contributed by atoms with E-state index in [0.717, 1.165) is 31.2 Å². The molecule has 1 N–H and O–H groups in total. The lowest BCUT2D eigenvalue weighted by atomic mass is 10.0. The van der Waals surface area contributed by atoms with Gasteiger partial charge in [-0.3, -0.25) is 4.79 Å². The molecule has 1 saturated heterocycles. The number of hydrogen-bond acceptors (Lipinski definition) is 5. The van der Waals surface area contributed by atoms with Gasteiger partial charge in [0.05, 0.1) is 39.9 Å². The fourth-order valence-electron chi connectivity index (χ4n) is 4.81. The second kappa shape index (κ2) is 7.75. The first-order chi connectivity index (χ1) is 14.9. The molecule has 162 valence electrons. The van der Waals surface area contributed by atoms with Crippen LogP contribution in [0.2, 0.25) is 0 Å². The molecule has 1 amide bonds. The van der Waals surface area contributed by atoms with Crippen molar-refractivity contribution in [1.29, 1.82) is 0 Å². The lowest BCUT2D eigenvalue weighted by molar-refractivity contribution is 0.0939. The molecular formula is C23H26N4O3S. The molecule has 2 aliphatic rings. The summed E-state index contributed by atoms with van der Waals surface area (Å²) in [6.07, 6.45) is 4.80. The Bertz CT molecular complexity index is 1240. The van der Waals surface area contributed by atoms with Crippen molar-refractivity contribution in [2.45, 2.75) is 51.1 Å². The Hall–Kier alpha value is -2.74. The summed E-state index contributed by atoms with van der Waals surface area (Å²) in [5, 5.41) is 8.55. The number of nitrogens with zero attached hydrogens (tertiary/aromatic N) is 3. The van der Waals surface area contributed by atoms with Crippen LogP contribution in [0.15, 0.2) is 36.4 Å². The van der Waals surface area contributed by atoms with E-state index in [1.165, 1.54) is 0 Å². The molecule has 0 radical (unpaired) electrons. The molecule has 2 fully saturated rings. The average molecular weight is 439 g/mol. The van der Waals surface area contributed by atoms with Gasteiger partial charge in [-0.25, -0.2) is 18.1 Å². The molecule has 7 nitrogen and oxygen atoms in total. The van der Waals surface area contributed by atoms with Gasteiger partial charge in [-0.05, 0) is 32.3 Å². The smallest absolute Gasteiger partial charge is 0.252 e. The molecule has 31 heavy (non-hydrogen) atoms. The number of pyridine rings is 1. The van der Waals surface area contributed by atoms with E-state index >= 15 is 0 Å². The maximum atomic E-state index is 13.3. The zero-order chi connectivity index (χ0) is 21.6. The highest BCUT2D eigenvalue weighted by Gasteiger charge is 2.32. The Balaban J connectivity index is 1.66. The summed E-state index contributed by atoms with van der Waals surface area (Å²) in [5.41, 5.74) is 3.43. The normalized spacial score (nSPS) is 21.0. The van der Waals surface area contributed by atoms with E-state index in [0.29, 0.717) is 34.4 Å². The third kappa shape index (κ3) is 3.84. The maximum absolute atomic E-state index is 13.3. The van der Waals surface area contributed by atoms with Crippen LogP contribution in [-0.4, -0.2) is 46.6 Å². The molecule has 1 saturated carbocycles. The summed E-state index contributed by atoms with van der Waals surface area (Å²) in [6.45, 7) is 1.86. The number of benzene rings is 1. The van der Waals surface area contributed by atoms with Crippen LogP contribution in [0.3, 0.4) is 0 Å². The Morgan fingerprint density at radius 1 is 1.13 bits per heavy atom. The summed E-state index contributed by atoms with van der Waals surface area (Å²) in [6, 6.07) is 11.5. The number of rotatable bonds is 4. The van der Waals surface area contributed by atoms with Gasteiger partial charge in [0.2, 0.25) is 0 Å². The SMILES string of the molecule is Cc1nn(C2CCS(=O)(=O)C2)c2nc(-c3ccccc3)cc(C(=O)NC3CCCC3)c12. The molecule has 1 unspecified atom stereocenters. The Morgan fingerprint density at radius 3 is 2.55 bits per heavy atom. The Kier molecular flexibility index (Phi) is 5.04. The Morgan fingerprint density at radius 2 is 1.87 bits per heavy atom. The zero-order valence-electron chi connectivity index (χ0n) is 17.5. The van der Waals surface area contributed by atoms with Crippen LogP contribution < -0.4 is 5.32 Å². The van der Waals surface area contributed by atoms with Crippen molar-refractivity contribution in [3.8, 4) is 11.3 Å². The van der Waals surface area contributed by atoms with Crippen molar-refractivity contribution in [2.24, 2.45) is 0 Å². The summed E-state index contributed by atoms with van der Waals surface area (Å²) >= 11 is 0. The van der Waals surface area contributed by atoms with E-state index in [1.807, 2.05) is 43.3 Å². The minimum absolute atomic E-state index is 0.0596. The molecule has 1 aromatic carbocycles. The number of amides is 1. The van der Waals surface area contributed by atoms with Crippen molar-refractivity contribution in [3.63, 3.8) is 0 Å². The quantitative estimate of drug-likeness (QED) is 0.673. The molecule has 1 aliphatic heterocycles. The minimum atomic E-state index is -3.08. The van der Waals surface area contributed by atoms with E-state index in [1.54, 1.807) is 4.68 Å². The summed E-state index contributed by atoms with van der Waals surface area (Å²) in [4.78, 5) is 18.2. The van der Waals surface area contributed by atoms with Gasteiger partial charge < -0.3 is 5.32 Å². The lowest BCUT2D eigenvalue weighted by Gasteiger charge is -2.15. The van der Waals surface area contributed by atoms with E-state index in [9.17, 15) is 13.2 Å². The fraction of sp³-hybridized carbons (Fsp3) is 0.435. The molecular weight excluding hydrogens is 412 g/mol. The van der Waals surface area contributed by atoms with Gasteiger partial charge in [0, 0.05) is 11.6 Å². The zero-order valence-corrected chi connectivity index (χ0v) is 18.4. The van der Waals surface area contributed by atoms with Crippen molar-refractivity contribution < 1.29 is 13.2 Å². The van der Waals surface area contributed by atoms with Crippen LogP contribution in [0.4, 0.5) is 0 Å². The van der Waals surface area contributed by atoms with E-state index < -0.39 is 9.84 Å². The number of carbonyl (C=O) groups excluding carboxylic acids is 1. The molecule has 1 atom stereocenters. The number of aromatic nitrogens is 3. The van der Waals surface area contributed by atoms with Crippen LogP contribution in [-0.2, 0) is 9.84 Å². The third-order valence-corrected chi connectivity index (χ3v) is 8.15. The van der Waals surface area contributed by atoms with E-state index in [-0.39, 0.29) is 29.5 Å². The van der Waals surface area contributed by atoms with Gasteiger partial charge in [0.15, 0.2) is 15.5 Å². The highest BCUT2D eigenvalue weighted by molar-refractivity contribution is 7.91. The van der Waals surface area contributed by atoms with Crippen molar-refractivity contribution in [1.82, 2.24) is 20.1 Å². The second-order valence-corrected chi connectivity index (χ2v) is 10.9. The highest BCUT2D eigenvalue weighted by Crippen LogP contribution is 2.32. The van der Waals surface area contributed by atoms with Gasteiger partial charge in [-0.15, -0.1) is 0 Å². The van der Waals surface area contributed by atoms with E-state index in [2.05, 4.69) is 10.4 Å². The standard InChI is InChI=1S/C23H26N4O3S/c1-15-21-19(23(28)24-17-9-5-6-10-17)13-20(16-7-3-2-4-8-16)25-22(21)27(26-15)18-11-12-31(29,30)14-18/h2-4,7-8,13,17-18H,5-6,9-12,14H2,1H3,(H,24,28). The van der Waals surface area contributed by atoms with Gasteiger partial charge >= 0.3 is 0 Å². The monoisotopic (exact) mass is 438 g/mol. The molecule has 0 bridgehead atoms. The van der Waals surface area contributed by atoms with Crippen LogP contribution >= 0.6 is 0 Å². The molecule has 0 spiro atoms. The average Bonchev–Trinajstić information content (AvgIpc) is 3.47. The minimum Gasteiger partial charge on any atom is -0.349 e. The van der Waals surface area contributed by atoms with Gasteiger partial charge in [-0.2, -0.15) is 5.10 Å². The molecule has 5 rings (SSSR count). The molecule has 2 aromatic heterocycles. The number of aryl methyl sites for hydroxylation is 1. The fourth-order valence-corrected chi connectivity index (χ4v) is 6.50. The Labute approximate surface area is 181 Å². The van der Waals surface area contributed by atoms with Gasteiger partial charge in [0.25, 0.3) is 5.91 Å². The summed E-state index contributed by atoms with van der Waals surface area (Å²) in [7, 11) is -3.08. The first-order valence-corrected chi connectivity index (χ1v) is 12.7. The molecule has 3 heterocycles. The first kappa shape index (κ1) is 20.2. The van der Waals surface area contributed by atoms with Gasteiger partial charge in [-0.1, -0.05) is 43.2 Å². The van der Waals surface area contributed by atoms with E-state index in [4.69, 9.17) is 4.98 Å². The van der Waals surface area contributed by atoms with Crippen LogP contribution in [0.25, 0.3) is 22.3 Å². The number of fused-ring (bicyclic) bond motifs is 1. The first-order valence-electron chi connectivity index (χ1n) is 10.9. The maximum Gasteiger partial charge on any atom is 0.252 e. The van der Waals surface area contributed by atoms with Gasteiger partial charge in [0.1, 0.15) is 0 Å². The lowest BCUT2D eigenvalue weighted by Crippen LogP contribution is -2.32. The van der Waals surface area contributed by atoms with Crippen LogP contribution in [0.1, 0.15) is 54.2 Å². The highest BCUT2D eigenvalue weighted by atomic mass is 32.2. The van der Waals surface area contributed by atoms with Crippen LogP contribution in [0, 0.1) is 6.92 Å². The summed E-state index contributed by atoms with van der Waals surface area (Å²) in [5.74, 6) is 0.105.